The number of nitro groups is 1. The molecule has 0 bridgehead atoms. The van der Waals surface area contributed by atoms with Gasteiger partial charge in [-0.25, -0.2) is 0 Å². The minimum Gasteiger partial charge on any atom is -0.496 e. The molecule has 0 amide bonds. The van der Waals surface area contributed by atoms with Crippen LogP contribution in [0.5, 0.6) is 5.75 Å². The summed E-state index contributed by atoms with van der Waals surface area (Å²) in [6.45, 7) is 7.79. The normalized spacial score (nSPS) is 11.0. The summed E-state index contributed by atoms with van der Waals surface area (Å²) in [5, 5.41) is 11.3. The van der Waals surface area contributed by atoms with E-state index in [1.807, 2.05) is 33.8 Å². The Labute approximate surface area is 102 Å². The number of methoxy groups -OCH3 is 1. The predicted molar refractivity (Wildman–Crippen MR) is 67.8 cm³/mol. The van der Waals surface area contributed by atoms with E-state index in [0.717, 1.165) is 5.56 Å². The summed E-state index contributed by atoms with van der Waals surface area (Å²) in [5.74, 6) is 0.777. The van der Waals surface area contributed by atoms with Crippen molar-refractivity contribution >= 4 is 5.69 Å². The molecule has 0 aliphatic rings. The number of benzene rings is 1. The van der Waals surface area contributed by atoms with Gasteiger partial charge in [0, 0.05) is 5.56 Å². The molecule has 4 nitrogen and oxygen atoms in total. The Morgan fingerprint density at radius 1 is 1.18 bits per heavy atom. The van der Waals surface area contributed by atoms with Gasteiger partial charge in [-0.1, -0.05) is 27.7 Å². The molecular weight excluding hydrogens is 218 g/mol. The molecule has 0 saturated carbocycles. The Hall–Kier alpha value is -1.58. The van der Waals surface area contributed by atoms with E-state index in [1.165, 1.54) is 0 Å². The second-order valence-corrected chi connectivity index (χ2v) is 4.69. The standard InChI is InChI=1S/C13H19NO3/c1-8(2)10-6-7-11(17-5)12(9(3)4)13(10)14(15)16/h6-9H,1-5H3. The van der Waals surface area contributed by atoms with Gasteiger partial charge in [-0.05, 0) is 24.0 Å². The van der Waals surface area contributed by atoms with Crippen molar-refractivity contribution in [1.82, 2.24) is 0 Å². The maximum Gasteiger partial charge on any atom is 0.279 e. The molecule has 0 atom stereocenters. The SMILES string of the molecule is COc1ccc(C(C)C)c([N+](=O)[O-])c1C(C)C. The summed E-state index contributed by atoms with van der Waals surface area (Å²) >= 11 is 0. The minimum absolute atomic E-state index is 0.0593. The van der Waals surface area contributed by atoms with Crippen LogP contribution in [-0.4, -0.2) is 12.0 Å². The van der Waals surface area contributed by atoms with E-state index in [0.29, 0.717) is 11.3 Å². The summed E-state index contributed by atoms with van der Waals surface area (Å²) in [6, 6.07) is 3.60. The molecule has 1 aromatic rings. The fourth-order valence-electron chi connectivity index (χ4n) is 2.01. The molecule has 0 heterocycles. The molecule has 0 saturated heterocycles. The van der Waals surface area contributed by atoms with Crippen molar-refractivity contribution in [2.24, 2.45) is 0 Å². The highest BCUT2D eigenvalue weighted by atomic mass is 16.6. The van der Waals surface area contributed by atoms with Gasteiger partial charge in [0.15, 0.2) is 0 Å². The zero-order chi connectivity index (χ0) is 13.2. The molecule has 0 radical (unpaired) electrons. The molecular formula is C13H19NO3. The molecule has 0 N–H and O–H groups in total. The van der Waals surface area contributed by atoms with Crippen LogP contribution >= 0.6 is 0 Å². The van der Waals surface area contributed by atoms with E-state index < -0.39 is 0 Å². The highest BCUT2D eigenvalue weighted by Gasteiger charge is 2.26. The molecule has 0 aliphatic heterocycles. The highest BCUT2D eigenvalue weighted by Crippen LogP contribution is 2.39. The first-order valence-electron chi connectivity index (χ1n) is 5.75. The Kier molecular flexibility index (Phi) is 4.10. The first-order chi connectivity index (χ1) is 7.90. The Morgan fingerprint density at radius 2 is 1.76 bits per heavy atom. The Morgan fingerprint density at radius 3 is 2.12 bits per heavy atom. The van der Waals surface area contributed by atoms with E-state index in [9.17, 15) is 10.1 Å². The predicted octanol–water partition coefficient (Wildman–Crippen LogP) is 3.85. The van der Waals surface area contributed by atoms with E-state index >= 15 is 0 Å². The second kappa shape index (κ2) is 5.17. The van der Waals surface area contributed by atoms with Crippen LogP contribution < -0.4 is 4.74 Å². The van der Waals surface area contributed by atoms with E-state index in [-0.39, 0.29) is 22.4 Å². The van der Waals surface area contributed by atoms with Gasteiger partial charge in [-0.3, -0.25) is 10.1 Å². The Bertz CT molecular complexity index is 425. The van der Waals surface area contributed by atoms with Gasteiger partial charge in [0.2, 0.25) is 0 Å². The fourth-order valence-corrected chi connectivity index (χ4v) is 2.01. The molecule has 0 aromatic heterocycles. The largest absolute Gasteiger partial charge is 0.496 e. The highest BCUT2D eigenvalue weighted by molar-refractivity contribution is 5.57. The Balaban J connectivity index is 3.59. The van der Waals surface area contributed by atoms with Crippen molar-refractivity contribution in [3.8, 4) is 5.75 Å². The van der Waals surface area contributed by atoms with Crippen molar-refractivity contribution in [3.63, 3.8) is 0 Å². The maximum absolute atomic E-state index is 11.3. The molecule has 94 valence electrons. The first kappa shape index (κ1) is 13.5. The molecule has 0 aliphatic carbocycles. The van der Waals surface area contributed by atoms with E-state index in [2.05, 4.69) is 0 Å². The van der Waals surface area contributed by atoms with Gasteiger partial charge in [-0.15, -0.1) is 0 Å². The third-order valence-electron chi connectivity index (χ3n) is 2.81. The van der Waals surface area contributed by atoms with Crippen molar-refractivity contribution in [2.75, 3.05) is 7.11 Å². The van der Waals surface area contributed by atoms with Crippen LogP contribution in [0, 0.1) is 10.1 Å². The number of nitro benzene ring substituents is 1. The number of rotatable bonds is 4. The number of hydrogen-bond donors (Lipinski definition) is 0. The molecule has 0 fully saturated rings. The smallest absolute Gasteiger partial charge is 0.279 e. The summed E-state index contributed by atoms with van der Waals surface area (Å²) in [4.78, 5) is 11.0. The molecule has 0 spiro atoms. The third kappa shape index (κ3) is 2.57. The van der Waals surface area contributed by atoms with Gasteiger partial charge in [0.05, 0.1) is 17.6 Å². The zero-order valence-corrected chi connectivity index (χ0v) is 11.0. The van der Waals surface area contributed by atoms with Crippen molar-refractivity contribution in [2.45, 2.75) is 39.5 Å². The number of nitrogens with zero attached hydrogens (tertiary/aromatic N) is 1. The average molecular weight is 237 g/mol. The molecule has 0 unspecified atom stereocenters. The van der Waals surface area contributed by atoms with Gasteiger partial charge in [0.1, 0.15) is 5.75 Å². The topological polar surface area (TPSA) is 52.4 Å². The summed E-state index contributed by atoms with van der Waals surface area (Å²) in [5.41, 5.74) is 1.65. The molecule has 17 heavy (non-hydrogen) atoms. The van der Waals surface area contributed by atoms with E-state index in [1.54, 1.807) is 13.2 Å². The van der Waals surface area contributed by atoms with Crippen molar-refractivity contribution < 1.29 is 9.66 Å². The molecule has 4 heteroatoms. The maximum atomic E-state index is 11.3. The van der Waals surface area contributed by atoms with Crippen LogP contribution in [0.1, 0.15) is 50.7 Å². The second-order valence-electron chi connectivity index (χ2n) is 4.69. The number of hydrogen-bond acceptors (Lipinski definition) is 3. The zero-order valence-electron chi connectivity index (χ0n) is 11.0. The van der Waals surface area contributed by atoms with Crippen LogP contribution in [0.25, 0.3) is 0 Å². The monoisotopic (exact) mass is 237 g/mol. The summed E-state index contributed by atoms with van der Waals surface area (Å²) in [6.07, 6.45) is 0. The number of ether oxygens (including phenoxy) is 1. The lowest BCUT2D eigenvalue weighted by Crippen LogP contribution is -2.05. The lowest BCUT2D eigenvalue weighted by Gasteiger charge is -2.16. The van der Waals surface area contributed by atoms with Gasteiger partial charge in [-0.2, -0.15) is 0 Å². The van der Waals surface area contributed by atoms with Gasteiger partial charge in [0.25, 0.3) is 5.69 Å². The first-order valence-corrected chi connectivity index (χ1v) is 5.75. The van der Waals surface area contributed by atoms with Gasteiger partial charge < -0.3 is 4.74 Å². The quantitative estimate of drug-likeness (QED) is 0.590. The van der Waals surface area contributed by atoms with Crippen LogP contribution in [0.4, 0.5) is 5.69 Å². The molecule has 1 rings (SSSR count). The average Bonchev–Trinajstić information content (AvgIpc) is 2.26. The van der Waals surface area contributed by atoms with Crippen molar-refractivity contribution in [1.29, 1.82) is 0 Å². The van der Waals surface area contributed by atoms with E-state index in [4.69, 9.17) is 4.74 Å². The van der Waals surface area contributed by atoms with Crippen LogP contribution in [0.3, 0.4) is 0 Å². The fraction of sp³-hybridized carbons (Fsp3) is 0.538. The lowest BCUT2D eigenvalue weighted by atomic mass is 9.92. The third-order valence-corrected chi connectivity index (χ3v) is 2.81. The van der Waals surface area contributed by atoms with Crippen molar-refractivity contribution in [3.05, 3.63) is 33.4 Å². The van der Waals surface area contributed by atoms with Crippen LogP contribution in [0.15, 0.2) is 12.1 Å². The van der Waals surface area contributed by atoms with Crippen LogP contribution in [0.2, 0.25) is 0 Å². The van der Waals surface area contributed by atoms with Crippen LogP contribution in [-0.2, 0) is 0 Å². The van der Waals surface area contributed by atoms with Gasteiger partial charge >= 0.3 is 0 Å². The minimum atomic E-state index is -0.298. The summed E-state index contributed by atoms with van der Waals surface area (Å²) in [7, 11) is 1.54. The summed E-state index contributed by atoms with van der Waals surface area (Å²) < 4.78 is 5.23. The lowest BCUT2D eigenvalue weighted by molar-refractivity contribution is -0.386. The molecule has 1 aromatic carbocycles.